The van der Waals surface area contributed by atoms with Gasteiger partial charge in [-0.05, 0) is 19.1 Å². The van der Waals surface area contributed by atoms with Crippen molar-refractivity contribution in [1.29, 1.82) is 0 Å². The van der Waals surface area contributed by atoms with Crippen LogP contribution in [0.1, 0.15) is 6.92 Å². The molecule has 1 amide bonds. The third kappa shape index (κ3) is 3.56. The number of aromatic nitrogens is 3. The lowest BCUT2D eigenvalue weighted by Gasteiger charge is -2.10. The molecule has 0 unspecified atom stereocenters. The second-order valence-corrected chi connectivity index (χ2v) is 3.92. The molecule has 0 fully saturated rings. The van der Waals surface area contributed by atoms with Crippen molar-refractivity contribution >= 4 is 17.7 Å². The van der Waals surface area contributed by atoms with E-state index in [1.54, 1.807) is 31.3 Å². The largest absolute Gasteiger partial charge is 0.465 e. The van der Waals surface area contributed by atoms with Crippen LogP contribution in [0, 0.1) is 0 Å². The highest BCUT2D eigenvalue weighted by molar-refractivity contribution is 5.89. The molecule has 1 aromatic heterocycles. The molecule has 0 bridgehead atoms. The van der Waals surface area contributed by atoms with Gasteiger partial charge < -0.3 is 15.2 Å². The topological polar surface area (TPSA) is 109 Å². The first-order valence-electron chi connectivity index (χ1n) is 6.30. The van der Waals surface area contributed by atoms with Gasteiger partial charge in [0.05, 0.1) is 12.3 Å². The van der Waals surface area contributed by atoms with Gasteiger partial charge in [-0.3, -0.25) is 5.32 Å². The van der Waals surface area contributed by atoms with Gasteiger partial charge in [0.2, 0.25) is 5.95 Å². The highest BCUT2D eigenvalue weighted by Gasteiger charge is 2.13. The Kier molecular flexibility index (Phi) is 4.50. The molecule has 2 aromatic rings. The zero-order chi connectivity index (χ0) is 15.2. The lowest BCUT2D eigenvalue weighted by Crippen LogP contribution is -2.10. The molecular formula is C13H15N5O3. The molecule has 3 N–H and O–H groups in total. The number of nitrogens with zero attached hydrogens (tertiary/aromatic N) is 3. The minimum atomic E-state index is -1.16. The summed E-state index contributed by atoms with van der Waals surface area (Å²) in [5, 5.41) is 14.0. The zero-order valence-electron chi connectivity index (χ0n) is 11.6. The van der Waals surface area contributed by atoms with Gasteiger partial charge in [0.1, 0.15) is 0 Å². The number of ether oxygens (including phenoxy) is 1. The summed E-state index contributed by atoms with van der Waals surface area (Å²) in [7, 11) is 1.68. The second-order valence-electron chi connectivity index (χ2n) is 3.92. The number of amides is 1. The Hall–Kier alpha value is -2.90. The smallest absolute Gasteiger partial charge is 0.409 e. The van der Waals surface area contributed by atoms with Crippen LogP contribution in [0.3, 0.4) is 0 Å². The van der Waals surface area contributed by atoms with E-state index in [1.165, 1.54) is 0 Å². The number of hydrogen-bond acceptors (Lipinski definition) is 6. The molecule has 0 saturated carbocycles. The molecule has 110 valence electrons. The third-order valence-corrected chi connectivity index (χ3v) is 2.52. The minimum Gasteiger partial charge on any atom is -0.465 e. The molecule has 0 aliphatic rings. The zero-order valence-corrected chi connectivity index (χ0v) is 11.6. The van der Waals surface area contributed by atoms with Gasteiger partial charge in [-0.1, -0.05) is 12.1 Å². The van der Waals surface area contributed by atoms with Crippen molar-refractivity contribution in [3.05, 3.63) is 24.3 Å². The van der Waals surface area contributed by atoms with Crippen LogP contribution in [-0.4, -0.2) is 39.8 Å². The van der Waals surface area contributed by atoms with Gasteiger partial charge in [0.25, 0.3) is 0 Å². The highest BCUT2D eigenvalue weighted by Crippen LogP contribution is 2.26. The SMILES string of the molecule is CCOc1nc(NC)nc(-c2ccccc2NC(=O)O)n1. The lowest BCUT2D eigenvalue weighted by molar-refractivity contribution is 0.210. The Morgan fingerprint density at radius 2 is 2.05 bits per heavy atom. The van der Waals surface area contributed by atoms with Crippen LogP contribution in [0.5, 0.6) is 6.01 Å². The summed E-state index contributed by atoms with van der Waals surface area (Å²) in [4.78, 5) is 23.3. The maximum atomic E-state index is 10.8. The molecule has 1 aromatic carbocycles. The van der Waals surface area contributed by atoms with E-state index >= 15 is 0 Å². The summed E-state index contributed by atoms with van der Waals surface area (Å²) < 4.78 is 5.29. The summed E-state index contributed by atoms with van der Waals surface area (Å²) in [6.45, 7) is 2.24. The molecule has 8 nitrogen and oxygen atoms in total. The van der Waals surface area contributed by atoms with Crippen molar-refractivity contribution in [3.63, 3.8) is 0 Å². The lowest BCUT2D eigenvalue weighted by atomic mass is 10.1. The summed E-state index contributed by atoms with van der Waals surface area (Å²) in [6, 6.07) is 7.02. The first-order valence-corrected chi connectivity index (χ1v) is 6.30. The van der Waals surface area contributed by atoms with E-state index < -0.39 is 6.09 Å². The third-order valence-electron chi connectivity index (χ3n) is 2.52. The fourth-order valence-corrected chi connectivity index (χ4v) is 1.68. The van der Waals surface area contributed by atoms with Gasteiger partial charge in [-0.25, -0.2) is 4.79 Å². The summed E-state index contributed by atoms with van der Waals surface area (Å²) in [5.74, 6) is 0.663. The van der Waals surface area contributed by atoms with E-state index in [0.717, 1.165) is 0 Å². The molecule has 0 spiro atoms. The van der Waals surface area contributed by atoms with Crippen LogP contribution in [0.25, 0.3) is 11.4 Å². The van der Waals surface area contributed by atoms with Gasteiger partial charge >= 0.3 is 12.1 Å². The normalized spacial score (nSPS) is 10.0. The van der Waals surface area contributed by atoms with Crippen LogP contribution < -0.4 is 15.4 Å². The number of hydrogen-bond donors (Lipinski definition) is 3. The maximum absolute atomic E-state index is 10.8. The Morgan fingerprint density at radius 3 is 2.71 bits per heavy atom. The van der Waals surface area contributed by atoms with E-state index in [1.807, 2.05) is 6.92 Å². The van der Waals surface area contributed by atoms with Gasteiger partial charge in [0, 0.05) is 12.6 Å². The molecule has 0 saturated heterocycles. The molecule has 1 heterocycles. The number of carboxylic acid groups (broad SMARTS) is 1. The summed E-state index contributed by atoms with van der Waals surface area (Å²) in [6.07, 6.45) is -1.16. The second kappa shape index (κ2) is 6.51. The van der Waals surface area contributed by atoms with Gasteiger partial charge in [-0.2, -0.15) is 15.0 Å². The maximum Gasteiger partial charge on any atom is 0.409 e. The molecule has 2 rings (SSSR count). The number of para-hydroxylation sites is 1. The standard InChI is InChI=1S/C13H15N5O3/c1-3-21-12-17-10(16-11(14-2)18-12)8-6-4-5-7-9(8)15-13(19)20/h4-7,15H,3H2,1-2H3,(H,19,20)(H,14,16,17,18). The van der Waals surface area contributed by atoms with Crippen molar-refractivity contribution in [2.45, 2.75) is 6.92 Å². The minimum absolute atomic E-state index is 0.178. The van der Waals surface area contributed by atoms with Crippen LogP contribution in [-0.2, 0) is 0 Å². The molecule has 0 aliphatic carbocycles. The fourth-order valence-electron chi connectivity index (χ4n) is 1.68. The number of carbonyl (C=O) groups is 1. The van der Waals surface area contributed by atoms with Crippen LogP contribution >= 0.6 is 0 Å². The van der Waals surface area contributed by atoms with E-state index in [0.29, 0.717) is 29.6 Å². The van der Waals surface area contributed by atoms with Gasteiger partial charge in [0.15, 0.2) is 5.82 Å². The Morgan fingerprint density at radius 1 is 1.29 bits per heavy atom. The molecule has 0 aliphatic heterocycles. The molecule has 21 heavy (non-hydrogen) atoms. The van der Waals surface area contributed by atoms with E-state index in [9.17, 15) is 4.79 Å². The number of rotatable bonds is 5. The highest BCUT2D eigenvalue weighted by atomic mass is 16.5. The average molecular weight is 289 g/mol. The number of nitrogens with one attached hydrogen (secondary N) is 2. The molecule has 8 heteroatoms. The first kappa shape index (κ1) is 14.5. The first-order chi connectivity index (χ1) is 10.1. The summed E-state index contributed by atoms with van der Waals surface area (Å²) in [5.41, 5.74) is 0.931. The quantitative estimate of drug-likeness (QED) is 0.772. The number of anilines is 2. The Labute approximate surface area is 121 Å². The number of benzene rings is 1. The van der Waals surface area contributed by atoms with Crippen molar-refractivity contribution in [2.24, 2.45) is 0 Å². The predicted molar refractivity (Wildman–Crippen MR) is 77.6 cm³/mol. The predicted octanol–water partition coefficient (Wildman–Crippen LogP) is 2.07. The Bertz CT molecular complexity index is 647. The monoisotopic (exact) mass is 289 g/mol. The van der Waals surface area contributed by atoms with Crippen molar-refractivity contribution in [1.82, 2.24) is 15.0 Å². The van der Waals surface area contributed by atoms with Crippen molar-refractivity contribution < 1.29 is 14.6 Å². The van der Waals surface area contributed by atoms with Crippen LogP contribution in [0.15, 0.2) is 24.3 Å². The fraction of sp³-hybridized carbons (Fsp3) is 0.231. The Balaban J connectivity index is 2.50. The average Bonchev–Trinajstić information content (AvgIpc) is 2.47. The summed E-state index contributed by atoms with van der Waals surface area (Å²) >= 11 is 0. The van der Waals surface area contributed by atoms with Gasteiger partial charge in [-0.15, -0.1) is 0 Å². The van der Waals surface area contributed by atoms with Crippen molar-refractivity contribution in [3.8, 4) is 17.4 Å². The van der Waals surface area contributed by atoms with E-state index in [4.69, 9.17) is 9.84 Å². The molecule has 0 atom stereocenters. The van der Waals surface area contributed by atoms with Crippen LogP contribution in [0.4, 0.5) is 16.4 Å². The van der Waals surface area contributed by atoms with Crippen molar-refractivity contribution in [2.75, 3.05) is 24.3 Å². The van der Waals surface area contributed by atoms with E-state index in [2.05, 4.69) is 25.6 Å². The van der Waals surface area contributed by atoms with Crippen LogP contribution in [0.2, 0.25) is 0 Å². The van der Waals surface area contributed by atoms with E-state index in [-0.39, 0.29) is 6.01 Å². The molecular weight excluding hydrogens is 274 g/mol. The molecule has 0 radical (unpaired) electrons.